The van der Waals surface area contributed by atoms with Gasteiger partial charge in [0.2, 0.25) is 0 Å². The fourth-order valence-corrected chi connectivity index (χ4v) is 3.20. The molecule has 3 nitrogen and oxygen atoms in total. The summed E-state index contributed by atoms with van der Waals surface area (Å²) in [5.41, 5.74) is 0. The molecule has 2 saturated heterocycles. The van der Waals surface area contributed by atoms with Gasteiger partial charge in [0.15, 0.2) is 0 Å². The molecule has 0 aromatic rings. The molecule has 17 heavy (non-hydrogen) atoms. The van der Waals surface area contributed by atoms with Crippen molar-refractivity contribution in [3.05, 3.63) is 0 Å². The summed E-state index contributed by atoms with van der Waals surface area (Å²) < 4.78 is 0. The Labute approximate surface area is 107 Å². The van der Waals surface area contributed by atoms with Crippen LogP contribution in [-0.4, -0.2) is 62.2 Å². The first-order valence-electron chi connectivity index (χ1n) is 7.42. The van der Waals surface area contributed by atoms with Crippen molar-refractivity contribution in [3.8, 4) is 0 Å². The van der Waals surface area contributed by atoms with Crippen molar-refractivity contribution in [1.29, 1.82) is 0 Å². The van der Waals surface area contributed by atoms with Crippen LogP contribution in [0.1, 0.15) is 32.6 Å². The molecule has 2 rings (SSSR count). The molecule has 0 amide bonds. The first-order valence-corrected chi connectivity index (χ1v) is 7.42. The highest BCUT2D eigenvalue weighted by molar-refractivity contribution is 4.81. The summed E-state index contributed by atoms with van der Waals surface area (Å²) in [5.74, 6) is 0.968. The van der Waals surface area contributed by atoms with E-state index >= 15 is 0 Å². The van der Waals surface area contributed by atoms with Gasteiger partial charge in [-0.15, -0.1) is 0 Å². The van der Waals surface area contributed by atoms with Crippen LogP contribution >= 0.6 is 0 Å². The van der Waals surface area contributed by atoms with Gasteiger partial charge in [-0.1, -0.05) is 13.3 Å². The van der Waals surface area contributed by atoms with Crippen molar-refractivity contribution in [2.24, 2.45) is 5.92 Å². The maximum Gasteiger partial charge on any atom is 0.0197 e. The number of hydrogen-bond acceptors (Lipinski definition) is 3. The highest BCUT2D eigenvalue weighted by Crippen LogP contribution is 2.20. The molecule has 0 bridgehead atoms. The Morgan fingerprint density at radius 1 is 1.18 bits per heavy atom. The minimum atomic E-state index is 0.747. The van der Waals surface area contributed by atoms with Gasteiger partial charge in [-0.2, -0.15) is 0 Å². The Hall–Kier alpha value is -0.120. The Morgan fingerprint density at radius 2 is 2.06 bits per heavy atom. The average Bonchev–Trinajstić information content (AvgIpc) is 2.55. The van der Waals surface area contributed by atoms with Crippen molar-refractivity contribution in [2.45, 2.75) is 38.6 Å². The second kappa shape index (κ2) is 6.72. The third-order valence-corrected chi connectivity index (χ3v) is 4.47. The zero-order valence-corrected chi connectivity index (χ0v) is 11.6. The highest BCUT2D eigenvalue weighted by atomic mass is 15.2. The molecule has 1 N–H and O–H groups in total. The third-order valence-electron chi connectivity index (χ3n) is 4.47. The topological polar surface area (TPSA) is 18.5 Å². The predicted octanol–water partition coefficient (Wildman–Crippen LogP) is 1.40. The average molecular weight is 239 g/mol. The zero-order chi connectivity index (χ0) is 12.1. The number of likely N-dealkylation sites (N-methyl/N-ethyl adjacent to an activating group) is 1. The molecule has 2 fully saturated rings. The van der Waals surface area contributed by atoms with E-state index in [4.69, 9.17) is 0 Å². The zero-order valence-electron chi connectivity index (χ0n) is 11.6. The summed E-state index contributed by atoms with van der Waals surface area (Å²) in [6.45, 7) is 9.90. The van der Waals surface area contributed by atoms with Gasteiger partial charge in [-0.3, -0.25) is 0 Å². The molecule has 2 aliphatic rings. The maximum absolute atomic E-state index is 3.71. The largest absolute Gasteiger partial charge is 0.313 e. The van der Waals surface area contributed by atoms with Crippen molar-refractivity contribution >= 4 is 0 Å². The van der Waals surface area contributed by atoms with Crippen LogP contribution in [0.15, 0.2) is 0 Å². The van der Waals surface area contributed by atoms with Crippen molar-refractivity contribution in [2.75, 3.05) is 46.3 Å². The van der Waals surface area contributed by atoms with E-state index in [1.54, 1.807) is 0 Å². The van der Waals surface area contributed by atoms with Crippen LogP contribution in [-0.2, 0) is 0 Å². The lowest BCUT2D eigenvalue weighted by atomic mass is 9.90. The van der Waals surface area contributed by atoms with E-state index in [0.29, 0.717) is 0 Å². The lowest BCUT2D eigenvalue weighted by molar-refractivity contribution is 0.203. The third kappa shape index (κ3) is 4.23. The van der Waals surface area contributed by atoms with E-state index in [9.17, 15) is 0 Å². The van der Waals surface area contributed by atoms with Crippen LogP contribution in [0, 0.1) is 5.92 Å². The van der Waals surface area contributed by atoms with Crippen LogP contribution < -0.4 is 5.32 Å². The molecule has 0 radical (unpaired) electrons. The Balaban J connectivity index is 1.75. The summed E-state index contributed by atoms with van der Waals surface area (Å²) in [6.07, 6.45) is 5.47. The number of rotatable bonds is 3. The van der Waals surface area contributed by atoms with Gasteiger partial charge in [0.25, 0.3) is 0 Å². The molecule has 3 heteroatoms. The van der Waals surface area contributed by atoms with Gasteiger partial charge in [-0.05, 0) is 51.9 Å². The molecule has 0 aliphatic carbocycles. The molecule has 0 saturated carbocycles. The molecule has 100 valence electrons. The summed E-state index contributed by atoms with van der Waals surface area (Å²) in [7, 11) is 2.25. The number of nitrogens with one attached hydrogen (secondary N) is 1. The van der Waals surface area contributed by atoms with Gasteiger partial charge in [-0.25, -0.2) is 0 Å². The SMILES string of the molecule is CCC1CCNC(CN2CCCN(C)CC2)C1. The van der Waals surface area contributed by atoms with E-state index < -0.39 is 0 Å². The van der Waals surface area contributed by atoms with E-state index in [1.807, 2.05) is 0 Å². The summed E-state index contributed by atoms with van der Waals surface area (Å²) in [4.78, 5) is 5.13. The number of piperidine rings is 1. The molecule has 0 spiro atoms. The van der Waals surface area contributed by atoms with Gasteiger partial charge in [0.1, 0.15) is 0 Å². The van der Waals surface area contributed by atoms with Crippen molar-refractivity contribution < 1.29 is 0 Å². The quantitative estimate of drug-likeness (QED) is 0.803. The first-order chi connectivity index (χ1) is 8.28. The van der Waals surface area contributed by atoms with Gasteiger partial charge < -0.3 is 15.1 Å². The summed E-state index contributed by atoms with van der Waals surface area (Å²) in [6, 6.07) is 0.747. The first kappa shape index (κ1) is 13.3. The fraction of sp³-hybridized carbons (Fsp3) is 1.00. The summed E-state index contributed by atoms with van der Waals surface area (Å²) >= 11 is 0. The predicted molar refractivity (Wildman–Crippen MR) is 73.4 cm³/mol. The second-order valence-corrected chi connectivity index (χ2v) is 5.91. The second-order valence-electron chi connectivity index (χ2n) is 5.91. The molecule has 2 aliphatic heterocycles. The smallest absolute Gasteiger partial charge is 0.0197 e. The van der Waals surface area contributed by atoms with Crippen molar-refractivity contribution in [3.63, 3.8) is 0 Å². The van der Waals surface area contributed by atoms with E-state index in [-0.39, 0.29) is 0 Å². The van der Waals surface area contributed by atoms with Crippen LogP contribution in [0.2, 0.25) is 0 Å². The molecule has 0 aromatic heterocycles. The molecule has 0 aromatic carbocycles. The molecular formula is C14H29N3. The normalized spacial score (nSPS) is 33.5. The molecule has 2 atom stereocenters. The standard InChI is InChI=1S/C14H29N3/c1-3-13-5-6-15-14(11-13)12-17-8-4-7-16(2)9-10-17/h13-15H,3-12H2,1-2H3. The molecule has 2 heterocycles. The lowest BCUT2D eigenvalue weighted by Crippen LogP contribution is -2.46. The lowest BCUT2D eigenvalue weighted by Gasteiger charge is -2.33. The van der Waals surface area contributed by atoms with Crippen LogP contribution in [0.4, 0.5) is 0 Å². The number of nitrogens with zero attached hydrogens (tertiary/aromatic N) is 2. The molecule has 2 unspecified atom stereocenters. The maximum atomic E-state index is 3.71. The van der Waals surface area contributed by atoms with Gasteiger partial charge in [0.05, 0.1) is 0 Å². The van der Waals surface area contributed by atoms with Gasteiger partial charge >= 0.3 is 0 Å². The van der Waals surface area contributed by atoms with Crippen molar-refractivity contribution in [1.82, 2.24) is 15.1 Å². The Morgan fingerprint density at radius 3 is 2.88 bits per heavy atom. The van der Waals surface area contributed by atoms with Crippen LogP contribution in [0.5, 0.6) is 0 Å². The Bertz CT molecular complexity index is 220. The Kier molecular flexibility index (Phi) is 5.26. The van der Waals surface area contributed by atoms with E-state index in [0.717, 1.165) is 12.0 Å². The van der Waals surface area contributed by atoms with Gasteiger partial charge in [0, 0.05) is 25.7 Å². The van der Waals surface area contributed by atoms with Crippen LogP contribution in [0.25, 0.3) is 0 Å². The molecular weight excluding hydrogens is 210 g/mol. The highest BCUT2D eigenvalue weighted by Gasteiger charge is 2.22. The monoisotopic (exact) mass is 239 g/mol. The van der Waals surface area contributed by atoms with E-state index in [1.165, 1.54) is 65.0 Å². The number of hydrogen-bond donors (Lipinski definition) is 1. The minimum Gasteiger partial charge on any atom is -0.313 e. The fourth-order valence-electron chi connectivity index (χ4n) is 3.20. The minimum absolute atomic E-state index is 0.747. The van der Waals surface area contributed by atoms with Crippen LogP contribution in [0.3, 0.4) is 0 Å². The summed E-state index contributed by atoms with van der Waals surface area (Å²) in [5, 5.41) is 3.71. The van der Waals surface area contributed by atoms with E-state index in [2.05, 4.69) is 29.1 Å².